The van der Waals surface area contributed by atoms with Crippen LogP contribution in [0.4, 0.5) is 4.39 Å². The maximum atomic E-state index is 12.8. The Hall–Kier alpha value is -2.77. The quantitative estimate of drug-likeness (QED) is 0.691. The second-order valence-corrected chi connectivity index (χ2v) is 8.21. The van der Waals surface area contributed by atoms with E-state index in [-0.39, 0.29) is 18.3 Å². The Labute approximate surface area is 169 Å². The number of carbonyl (C=O) groups excluding carboxylic acids is 2. The van der Waals surface area contributed by atoms with Gasteiger partial charge in [0, 0.05) is 6.42 Å². The summed E-state index contributed by atoms with van der Waals surface area (Å²) >= 11 is 0. The van der Waals surface area contributed by atoms with E-state index < -0.39 is 42.4 Å². The molecule has 29 heavy (non-hydrogen) atoms. The zero-order valence-corrected chi connectivity index (χ0v) is 17.1. The van der Waals surface area contributed by atoms with Gasteiger partial charge in [-0.05, 0) is 29.0 Å². The molecule has 0 spiro atoms. The molecule has 0 fully saturated rings. The minimum Gasteiger partial charge on any atom is -0.481 e. The molecule has 0 radical (unpaired) electrons. The van der Waals surface area contributed by atoms with Gasteiger partial charge < -0.3 is 15.3 Å². The molecule has 0 aromatic heterocycles. The number of carboxylic acid groups (broad SMARTS) is 1. The van der Waals surface area contributed by atoms with Gasteiger partial charge in [0.2, 0.25) is 5.60 Å². The lowest BCUT2D eigenvalue weighted by molar-refractivity contribution is -0.148. The largest absolute Gasteiger partial charge is 0.481 e. The van der Waals surface area contributed by atoms with Crippen LogP contribution >= 0.6 is 0 Å². The monoisotopic (exact) mass is 406 g/mol. The third-order valence-electron chi connectivity index (χ3n) is 5.03. The maximum Gasteiger partial charge on any atom is 0.305 e. The summed E-state index contributed by atoms with van der Waals surface area (Å²) in [5.74, 6) is -2.99. The van der Waals surface area contributed by atoms with Crippen molar-refractivity contribution < 1.29 is 28.7 Å². The SMILES string of the molecule is CCC1(C(=O)N[C@@H](CC(=O)O)C(=O)CF)CC(c2cccc(C(C)(C)C)c2)=NO1. The third kappa shape index (κ3) is 5.19. The fourth-order valence-electron chi connectivity index (χ4n) is 3.07. The molecule has 1 heterocycles. The van der Waals surface area contributed by atoms with Crippen molar-refractivity contribution in [2.24, 2.45) is 5.16 Å². The number of alkyl halides is 1. The molecule has 1 amide bonds. The zero-order valence-electron chi connectivity index (χ0n) is 17.1. The Morgan fingerprint density at radius 2 is 2.03 bits per heavy atom. The number of amides is 1. The standard InChI is InChI=1S/C21H27FN2O5/c1-5-21(19(28)23-15(10-18(26)27)17(25)12-22)11-16(24-29-21)13-7-6-8-14(9-13)20(2,3)4/h6-9,15H,5,10-12H2,1-4H3,(H,23,28)(H,26,27)/t15-,21?/m0/s1. The van der Waals surface area contributed by atoms with E-state index in [4.69, 9.17) is 9.94 Å². The van der Waals surface area contributed by atoms with Crippen LogP contribution in [0.25, 0.3) is 0 Å². The van der Waals surface area contributed by atoms with E-state index in [0.29, 0.717) is 5.71 Å². The molecular weight excluding hydrogens is 379 g/mol. The van der Waals surface area contributed by atoms with Gasteiger partial charge in [-0.3, -0.25) is 14.4 Å². The number of nitrogens with one attached hydrogen (secondary N) is 1. The van der Waals surface area contributed by atoms with Crippen molar-refractivity contribution in [3.05, 3.63) is 35.4 Å². The van der Waals surface area contributed by atoms with Crippen molar-refractivity contribution in [3.63, 3.8) is 0 Å². The average molecular weight is 406 g/mol. The number of aliphatic carboxylic acids is 1. The first kappa shape index (κ1) is 22.5. The first-order valence-corrected chi connectivity index (χ1v) is 9.50. The van der Waals surface area contributed by atoms with Gasteiger partial charge in [0.05, 0.1) is 12.1 Å². The van der Waals surface area contributed by atoms with Crippen LogP contribution < -0.4 is 5.32 Å². The van der Waals surface area contributed by atoms with E-state index in [0.717, 1.165) is 11.1 Å². The van der Waals surface area contributed by atoms with Gasteiger partial charge in [-0.1, -0.05) is 51.0 Å². The topological polar surface area (TPSA) is 105 Å². The normalized spacial score (nSPS) is 19.8. The molecule has 1 aromatic carbocycles. The highest BCUT2D eigenvalue weighted by atomic mass is 19.1. The van der Waals surface area contributed by atoms with Gasteiger partial charge in [-0.15, -0.1) is 0 Å². The molecule has 8 heteroatoms. The van der Waals surface area contributed by atoms with Crippen molar-refractivity contribution in [2.45, 2.75) is 64.0 Å². The summed E-state index contributed by atoms with van der Waals surface area (Å²) in [7, 11) is 0. The fraction of sp³-hybridized carbons (Fsp3) is 0.524. The predicted octanol–water partition coefficient (Wildman–Crippen LogP) is 2.76. The summed E-state index contributed by atoms with van der Waals surface area (Å²) in [6, 6.07) is 6.34. The minimum absolute atomic E-state index is 0.0635. The Morgan fingerprint density at radius 1 is 1.34 bits per heavy atom. The molecule has 1 aromatic rings. The number of hydrogen-bond acceptors (Lipinski definition) is 5. The lowest BCUT2D eigenvalue weighted by atomic mass is 9.84. The van der Waals surface area contributed by atoms with Gasteiger partial charge in [0.25, 0.3) is 5.91 Å². The van der Waals surface area contributed by atoms with Crippen LogP contribution in [-0.2, 0) is 24.6 Å². The average Bonchev–Trinajstić information content (AvgIpc) is 3.12. The van der Waals surface area contributed by atoms with Gasteiger partial charge >= 0.3 is 5.97 Å². The minimum atomic E-state index is -1.45. The summed E-state index contributed by atoms with van der Waals surface area (Å²) in [6.07, 6.45) is -0.295. The number of hydrogen-bond donors (Lipinski definition) is 2. The smallest absolute Gasteiger partial charge is 0.305 e. The summed E-state index contributed by atoms with van der Waals surface area (Å²) in [4.78, 5) is 41.0. The number of benzene rings is 1. The molecule has 1 aliphatic rings. The van der Waals surface area contributed by atoms with Crippen LogP contribution in [0, 0.1) is 0 Å². The first-order valence-electron chi connectivity index (χ1n) is 9.50. The molecule has 1 aliphatic heterocycles. The summed E-state index contributed by atoms with van der Waals surface area (Å²) in [6.45, 7) is 6.64. The number of rotatable bonds is 8. The molecule has 7 nitrogen and oxygen atoms in total. The number of ketones is 1. The molecule has 0 bridgehead atoms. The summed E-state index contributed by atoms with van der Waals surface area (Å²) in [5.41, 5.74) is 1.07. The van der Waals surface area contributed by atoms with Crippen molar-refractivity contribution in [3.8, 4) is 0 Å². The number of oxime groups is 1. The van der Waals surface area contributed by atoms with Gasteiger partial charge in [-0.25, -0.2) is 4.39 Å². The second kappa shape index (κ2) is 8.71. The van der Waals surface area contributed by atoms with Gasteiger partial charge in [-0.2, -0.15) is 0 Å². The van der Waals surface area contributed by atoms with Crippen molar-refractivity contribution in [2.75, 3.05) is 6.67 Å². The lowest BCUT2D eigenvalue weighted by Gasteiger charge is -2.26. The fourth-order valence-corrected chi connectivity index (χ4v) is 3.07. The number of Topliss-reactive ketones (excluding diaryl/α,β-unsaturated/α-hetero) is 1. The van der Waals surface area contributed by atoms with E-state index in [9.17, 15) is 18.8 Å². The Balaban J connectivity index is 2.20. The number of nitrogens with zero attached hydrogens (tertiary/aromatic N) is 1. The van der Waals surface area contributed by atoms with Gasteiger partial charge in [0.1, 0.15) is 12.7 Å². The van der Waals surface area contributed by atoms with Gasteiger partial charge in [0.15, 0.2) is 5.78 Å². The second-order valence-electron chi connectivity index (χ2n) is 8.21. The Kier molecular flexibility index (Phi) is 6.77. The van der Waals surface area contributed by atoms with Crippen LogP contribution in [0.1, 0.15) is 58.1 Å². The van der Waals surface area contributed by atoms with E-state index in [1.54, 1.807) is 6.92 Å². The highest BCUT2D eigenvalue weighted by molar-refractivity contribution is 6.06. The van der Waals surface area contributed by atoms with E-state index in [1.165, 1.54) is 0 Å². The van der Waals surface area contributed by atoms with Crippen LogP contribution in [0.5, 0.6) is 0 Å². The van der Waals surface area contributed by atoms with E-state index >= 15 is 0 Å². The molecule has 0 saturated heterocycles. The molecule has 0 aliphatic carbocycles. The van der Waals surface area contributed by atoms with Crippen LogP contribution in [-0.4, -0.2) is 46.8 Å². The zero-order chi connectivity index (χ0) is 21.8. The highest BCUT2D eigenvalue weighted by Crippen LogP contribution is 2.32. The number of carbonyl (C=O) groups is 3. The summed E-state index contributed by atoms with van der Waals surface area (Å²) in [5, 5.41) is 15.4. The number of carboxylic acids is 1. The molecule has 1 unspecified atom stereocenters. The van der Waals surface area contributed by atoms with E-state index in [1.807, 2.05) is 24.3 Å². The third-order valence-corrected chi connectivity index (χ3v) is 5.03. The van der Waals surface area contributed by atoms with Crippen molar-refractivity contribution in [1.82, 2.24) is 5.32 Å². The Bertz CT molecular complexity index is 831. The van der Waals surface area contributed by atoms with E-state index in [2.05, 4.69) is 31.2 Å². The maximum absolute atomic E-state index is 12.8. The molecule has 2 atom stereocenters. The first-order chi connectivity index (χ1) is 13.5. The predicted molar refractivity (Wildman–Crippen MR) is 106 cm³/mol. The van der Waals surface area contributed by atoms with Crippen molar-refractivity contribution >= 4 is 23.4 Å². The molecule has 0 saturated carbocycles. The Morgan fingerprint density at radius 3 is 2.59 bits per heavy atom. The number of halogens is 1. The summed E-state index contributed by atoms with van der Waals surface area (Å²) < 4.78 is 12.8. The molecular formula is C21H27FN2O5. The molecule has 2 N–H and O–H groups in total. The van der Waals surface area contributed by atoms with Crippen LogP contribution in [0.3, 0.4) is 0 Å². The van der Waals surface area contributed by atoms with Crippen LogP contribution in [0.2, 0.25) is 0 Å². The molecule has 158 valence electrons. The molecule has 2 rings (SSSR count). The highest BCUT2D eigenvalue weighted by Gasteiger charge is 2.46. The van der Waals surface area contributed by atoms with Crippen LogP contribution in [0.15, 0.2) is 29.4 Å². The van der Waals surface area contributed by atoms with Crippen molar-refractivity contribution in [1.29, 1.82) is 0 Å². The lowest BCUT2D eigenvalue weighted by Crippen LogP contribution is -2.53.